The number of methoxy groups -OCH3 is 1. The average molecular weight is 424 g/mol. The maximum absolute atomic E-state index is 12.6. The van der Waals surface area contributed by atoms with Crippen molar-refractivity contribution in [2.75, 3.05) is 32.1 Å². The molecule has 1 aliphatic rings. The number of anilines is 1. The minimum absolute atomic E-state index is 0.153. The molecule has 1 fully saturated rings. The van der Waals surface area contributed by atoms with E-state index in [0.717, 1.165) is 12.8 Å². The van der Waals surface area contributed by atoms with Crippen LogP contribution < -0.4 is 15.4 Å². The third-order valence-electron chi connectivity index (χ3n) is 5.31. The van der Waals surface area contributed by atoms with Crippen LogP contribution in [0.15, 0.2) is 57.7 Å². The second-order valence-electron chi connectivity index (χ2n) is 7.32. The van der Waals surface area contributed by atoms with Gasteiger partial charge in [-0.25, -0.2) is 4.79 Å². The van der Waals surface area contributed by atoms with Crippen LogP contribution in [0.5, 0.6) is 5.75 Å². The second kappa shape index (κ2) is 9.38. The van der Waals surface area contributed by atoms with Crippen molar-refractivity contribution in [1.82, 2.24) is 15.4 Å². The molecule has 2 N–H and O–H groups in total. The summed E-state index contributed by atoms with van der Waals surface area (Å²) in [4.78, 5) is 26.7. The van der Waals surface area contributed by atoms with E-state index in [1.807, 2.05) is 12.1 Å². The molecule has 9 nitrogen and oxygen atoms in total. The third-order valence-corrected chi connectivity index (χ3v) is 5.31. The summed E-state index contributed by atoms with van der Waals surface area (Å²) in [5.74, 6) is 1.54. The van der Waals surface area contributed by atoms with Crippen molar-refractivity contribution in [1.29, 1.82) is 0 Å². The Kier molecular flexibility index (Phi) is 6.21. The highest BCUT2D eigenvalue weighted by Crippen LogP contribution is 2.25. The zero-order chi connectivity index (χ0) is 21.6. The molecular formula is C22H24N4O5. The average Bonchev–Trinajstić information content (AvgIpc) is 3.50. The fourth-order valence-electron chi connectivity index (χ4n) is 3.53. The minimum atomic E-state index is -0.294. The number of carbonyl (C=O) groups excluding carboxylic acids is 2. The number of carbonyl (C=O) groups is 2. The zero-order valence-electron chi connectivity index (χ0n) is 17.2. The summed E-state index contributed by atoms with van der Waals surface area (Å²) in [6.07, 6.45) is 3.13. The third kappa shape index (κ3) is 4.88. The molecule has 0 spiro atoms. The number of hydrogen-bond acceptors (Lipinski definition) is 6. The number of hydrogen-bond donors (Lipinski definition) is 2. The maximum Gasteiger partial charge on any atom is 0.321 e. The number of urea groups is 1. The van der Waals surface area contributed by atoms with Crippen LogP contribution in [0.3, 0.4) is 0 Å². The molecule has 0 radical (unpaired) electrons. The Balaban J connectivity index is 1.23. The van der Waals surface area contributed by atoms with E-state index in [1.54, 1.807) is 42.3 Å². The number of piperidine rings is 1. The number of furan rings is 1. The summed E-state index contributed by atoms with van der Waals surface area (Å²) < 4.78 is 15.7. The van der Waals surface area contributed by atoms with E-state index in [0.29, 0.717) is 42.6 Å². The largest absolute Gasteiger partial charge is 0.495 e. The molecule has 31 heavy (non-hydrogen) atoms. The molecule has 3 amide bonds. The van der Waals surface area contributed by atoms with Crippen LogP contribution in [0.4, 0.5) is 10.5 Å². The van der Waals surface area contributed by atoms with Gasteiger partial charge in [0.2, 0.25) is 5.76 Å². The van der Waals surface area contributed by atoms with Gasteiger partial charge in [0.15, 0.2) is 11.5 Å². The van der Waals surface area contributed by atoms with E-state index in [-0.39, 0.29) is 23.6 Å². The van der Waals surface area contributed by atoms with Gasteiger partial charge >= 0.3 is 6.03 Å². The lowest BCUT2D eigenvalue weighted by Crippen LogP contribution is -2.43. The number of ether oxygens (including phenoxy) is 1. The Morgan fingerprint density at radius 1 is 1.16 bits per heavy atom. The summed E-state index contributed by atoms with van der Waals surface area (Å²) >= 11 is 0. The molecule has 2 aromatic heterocycles. The molecule has 0 aliphatic carbocycles. The van der Waals surface area contributed by atoms with Gasteiger partial charge in [-0.3, -0.25) is 4.79 Å². The van der Waals surface area contributed by atoms with Gasteiger partial charge in [-0.2, -0.15) is 0 Å². The van der Waals surface area contributed by atoms with Gasteiger partial charge in [0.05, 0.1) is 19.1 Å². The van der Waals surface area contributed by atoms with E-state index in [9.17, 15) is 9.59 Å². The van der Waals surface area contributed by atoms with Crippen LogP contribution in [0.25, 0.3) is 11.5 Å². The van der Waals surface area contributed by atoms with Crippen LogP contribution in [0.1, 0.15) is 23.3 Å². The van der Waals surface area contributed by atoms with Crippen LogP contribution >= 0.6 is 0 Å². The van der Waals surface area contributed by atoms with Gasteiger partial charge in [0.25, 0.3) is 5.91 Å². The molecule has 0 bridgehead atoms. The minimum Gasteiger partial charge on any atom is -0.495 e. The molecule has 1 aromatic carbocycles. The molecule has 162 valence electrons. The molecule has 0 atom stereocenters. The van der Waals surface area contributed by atoms with Gasteiger partial charge in [-0.1, -0.05) is 17.3 Å². The second-order valence-corrected chi connectivity index (χ2v) is 7.32. The predicted molar refractivity (Wildman–Crippen MR) is 113 cm³/mol. The molecule has 3 aromatic rings. The molecule has 1 saturated heterocycles. The number of benzene rings is 1. The molecule has 4 rings (SSSR count). The van der Waals surface area contributed by atoms with Gasteiger partial charge in [0.1, 0.15) is 5.75 Å². The lowest BCUT2D eigenvalue weighted by atomic mass is 9.97. The Morgan fingerprint density at radius 3 is 2.71 bits per heavy atom. The van der Waals surface area contributed by atoms with Crippen molar-refractivity contribution >= 4 is 17.6 Å². The first-order valence-electron chi connectivity index (χ1n) is 10.1. The lowest BCUT2D eigenvalue weighted by molar-refractivity contribution is 0.0929. The summed E-state index contributed by atoms with van der Waals surface area (Å²) in [6, 6.07) is 12.2. The van der Waals surface area contributed by atoms with Gasteiger partial charge < -0.3 is 29.2 Å². The molecule has 0 unspecified atom stereocenters. The molecule has 9 heteroatoms. The number of likely N-dealkylation sites (tertiary alicyclic amines) is 1. The number of rotatable bonds is 6. The number of amides is 3. The first kappa shape index (κ1) is 20.5. The normalized spacial score (nSPS) is 14.3. The van der Waals surface area contributed by atoms with Crippen molar-refractivity contribution < 1.29 is 23.3 Å². The van der Waals surface area contributed by atoms with Crippen molar-refractivity contribution in [3.8, 4) is 17.3 Å². The SMILES string of the molecule is COc1ccccc1NC(=O)N1CCC(CNC(=O)c2cc(-c3ccco3)on2)CC1. The lowest BCUT2D eigenvalue weighted by Gasteiger charge is -2.32. The van der Waals surface area contributed by atoms with E-state index in [2.05, 4.69) is 15.8 Å². The van der Waals surface area contributed by atoms with E-state index < -0.39 is 0 Å². The highest BCUT2D eigenvalue weighted by Gasteiger charge is 2.24. The van der Waals surface area contributed by atoms with Crippen LogP contribution in [0, 0.1) is 5.92 Å². The first-order chi connectivity index (χ1) is 15.1. The van der Waals surface area contributed by atoms with Crippen molar-refractivity contribution in [2.24, 2.45) is 5.92 Å². The molecule has 0 saturated carbocycles. The number of nitrogens with zero attached hydrogens (tertiary/aromatic N) is 2. The fourth-order valence-corrected chi connectivity index (χ4v) is 3.53. The summed E-state index contributed by atoms with van der Waals surface area (Å²) in [7, 11) is 1.57. The maximum atomic E-state index is 12.6. The summed E-state index contributed by atoms with van der Waals surface area (Å²) in [5.41, 5.74) is 0.853. The van der Waals surface area contributed by atoms with Gasteiger partial charge in [-0.05, 0) is 43.0 Å². The monoisotopic (exact) mass is 424 g/mol. The van der Waals surface area contributed by atoms with Crippen LogP contribution in [0.2, 0.25) is 0 Å². The summed E-state index contributed by atoms with van der Waals surface area (Å²) in [6.45, 7) is 1.76. The standard InChI is InChI=1S/C22H24N4O5/c1-29-18-6-3-2-5-16(18)24-22(28)26-10-8-15(9-11-26)14-23-21(27)17-13-20(31-25-17)19-7-4-12-30-19/h2-7,12-13,15H,8-11,14H2,1H3,(H,23,27)(H,24,28). The fraction of sp³-hybridized carbons (Fsp3) is 0.318. The first-order valence-corrected chi connectivity index (χ1v) is 10.1. The predicted octanol–water partition coefficient (Wildman–Crippen LogP) is 3.62. The van der Waals surface area contributed by atoms with Crippen molar-refractivity contribution in [3.05, 3.63) is 54.4 Å². The number of aromatic nitrogens is 1. The number of nitrogens with one attached hydrogen (secondary N) is 2. The highest BCUT2D eigenvalue weighted by atomic mass is 16.5. The Bertz CT molecular complexity index is 1020. The molecular weight excluding hydrogens is 400 g/mol. The van der Waals surface area contributed by atoms with Gasteiger partial charge in [0, 0.05) is 25.7 Å². The van der Waals surface area contributed by atoms with Crippen LogP contribution in [-0.4, -0.2) is 48.7 Å². The van der Waals surface area contributed by atoms with Gasteiger partial charge in [-0.15, -0.1) is 0 Å². The van der Waals surface area contributed by atoms with Crippen molar-refractivity contribution in [2.45, 2.75) is 12.8 Å². The van der Waals surface area contributed by atoms with E-state index in [1.165, 1.54) is 6.26 Å². The summed E-state index contributed by atoms with van der Waals surface area (Å²) in [5, 5.41) is 9.60. The molecule has 3 heterocycles. The smallest absolute Gasteiger partial charge is 0.321 e. The Morgan fingerprint density at radius 2 is 1.97 bits per heavy atom. The van der Waals surface area contributed by atoms with E-state index in [4.69, 9.17) is 13.7 Å². The van der Waals surface area contributed by atoms with Crippen molar-refractivity contribution in [3.63, 3.8) is 0 Å². The topological polar surface area (TPSA) is 110 Å². The Labute approximate surface area is 179 Å². The highest BCUT2D eigenvalue weighted by molar-refractivity contribution is 5.93. The van der Waals surface area contributed by atoms with E-state index >= 15 is 0 Å². The quantitative estimate of drug-likeness (QED) is 0.625. The molecule has 1 aliphatic heterocycles. The number of para-hydroxylation sites is 2. The zero-order valence-corrected chi connectivity index (χ0v) is 17.2. The van der Waals surface area contributed by atoms with Crippen LogP contribution in [-0.2, 0) is 0 Å². The Hall–Kier alpha value is -3.75.